The minimum Gasteiger partial charge on any atom is -0.285 e. The van der Waals surface area contributed by atoms with Crippen LogP contribution in [0.25, 0.3) is 0 Å². The molecule has 1 nitrogen and oxygen atoms in total. The lowest BCUT2D eigenvalue weighted by Crippen LogP contribution is -2.23. The Hall–Kier alpha value is 0.0200. The lowest BCUT2D eigenvalue weighted by atomic mass is 9.92. The van der Waals surface area contributed by atoms with E-state index in [2.05, 4.69) is 25.8 Å². The number of rotatable bonds is 0. The Balaban J connectivity index is 0. The van der Waals surface area contributed by atoms with Crippen LogP contribution in [0.4, 0.5) is 0 Å². The van der Waals surface area contributed by atoms with Gasteiger partial charge in [-0.15, -0.1) is 11.8 Å². The Morgan fingerprint density at radius 2 is 1.62 bits per heavy atom. The predicted molar refractivity (Wildman–Crippen MR) is 66.9 cm³/mol. The molecule has 0 saturated carbocycles. The maximum Gasteiger partial charge on any atom is 0.0545 e. The molecule has 13 heavy (non-hydrogen) atoms. The quantitative estimate of drug-likeness (QED) is 0.574. The fourth-order valence-electron chi connectivity index (χ4n) is 0.776. The number of hydrogen-bond acceptors (Lipinski definition) is 2. The topological polar surface area (TPSA) is 12.4 Å². The van der Waals surface area contributed by atoms with Crippen molar-refractivity contribution >= 4 is 17.3 Å². The second kappa shape index (κ2) is 8.61. The summed E-state index contributed by atoms with van der Waals surface area (Å²) in [4.78, 5) is 4.17. The second-order valence-electron chi connectivity index (χ2n) is 3.46. The van der Waals surface area contributed by atoms with Gasteiger partial charge in [-0.05, 0) is 5.41 Å². The van der Waals surface area contributed by atoms with Crippen LogP contribution in [0.1, 0.15) is 48.5 Å². The van der Waals surface area contributed by atoms with Crippen LogP contribution in [0.3, 0.4) is 0 Å². The third kappa shape index (κ3) is 7.12. The van der Waals surface area contributed by atoms with E-state index >= 15 is 0 Å². The van der Waals surface area contributed by atoms with Gasteiger partial charge in [-0.1, -0.05) is 48.5 Å². The summed E-state index contributed by atoms with van der Waals surface area (Å²) in [6, 6.07) is 0. The van der Waals surface area contributed by atoms with Crippen LogP contribution in [0.2, 0.25) is 0 Å². The highest BCUT2D eigenvalue weighted by Crippen LogP contribution is 2.32. The van der Waals surface area contributed by atoms with E-state index in [9.17, 15) is 0 Å². The molecular weight excluding hydrogens is 178 g/mol. The van der Waals surface area contributed by atoms with E-state index in [1.807, 2.05) is 45.0 Å². The molecule has 0 radical (unpaired) electrons. The highest BCUT2D eigenvalue weighted by atomic mass is 32.2. The fourth-order valence-corrected chi connectivity index (χ4v) is 1.68. The lowest BCUT2D eigenvalue weighted by Gasteiger charge is -2.24. The van der Waals surface area contributed by atoms with E-state index in [0.29, 0.717) is 10.7 Å². The average molecular weight is 203 g/mol. The van der Waals surface area contributed by atoms with Crippen molar-refractivity contribution in [2.45, 2.75) is 53.7 Å². The summed E-state index contributed by atoms with van der Waals surface area (Å²) in [5, 5.41) is 0.706. The Morgan fingerprint density at radius 1 is 1.15 bits per heavy atom. The normalized spacial score (nSPS) is 19.8. The lowest BCUT2D eigenvalue weighted by molar-refractivity contribution is 0.402. The zero-order chi connectivity index (χ0) is 10.9. The molecule has 0 fully saturated rings. The molecule has 1 unspecified atom stereocenters. The SMILES string of the molecule is CC.CC.CC(C)(C)C1CN=CS1. The molecular formula is C11H25NS. The Morgan fingerprint density at radius 3 is 1.77 bits per heavy atom. The van der Waals surface area contributed by atoms with Crippen LogP contribution < -0.4 is 0 Å². The average Bonchev–Trinajstić information content (AvgIpc) is 2.63. The molecule has 0 saturated heterocycles. The largest absolute Gasteiger partial charge is 0.285 e. The van der Waals surface area contributed by atoms with Gasteiger partial charge in [-0.2, -0.15) is 0 Å². The number of hydrogen-bond donors (Lipinski definition) is 0. The summed E-state index contributed by atoms with van der Waals surface area (Å²) < 4.78 is 0. The summed E-state index contributed by atoms with van der Waals surface area (Å²) >= 11 is 1.86. The Labute approximate surface area is 88.4 Å². The molecule has 0 aliphatic carbocycles. The molecule has 0 spiro atoms. The zero-order valence-electron chi connectivity index (χ0n) is 10.2. The molecule has 0 amide bonds. The van der Waals surface area contributed by atoms with Crippen molar-refractivity contribution in [2.24, 2.45) is 10.4 Å². The highest BCUT2D eigenvalue weighted by molar-refractivity contribution is 8.12. The minimum atomic E-state index is 0.418. The molecule has 1 aliphatic rings. The molecule has 80 valence electrons. The van der Waals surface area contributed by atoms with Gasteiger partial charge >= 0.3 is 0 Å². The van der Waals surface area contributed by atoms with Crippen LogP contribution in [0, 0.1) is 5.41 Å². The van der Waals surface area contributed by atoms with Crippen LogP contribution in [0.5, 0.6) is 0 Å². The standard InChI is InChI=1S/C7H13NS.2C2H6/c1-7(2,3)6-4-8-5-9-6;2*1-2/h5-6H,4H2,1-3H3;2*1-2H3. The first kappa shape index (κ1) is 15.5. The van der Waals surface area contributed by atoms with Crippen LogP contribution in [-0.4, -0.2) is 17.3 Å². The smallest absolute Gasteiger partial charge is 0.0545 e. The fraction of sp³-hybridized carbons (Fsp3) is 0.909. The van der Waals surface area contributed by atoms with Gasteiger partial charge in [0.05, 0.1) is 12.1 Å². The maximum atomic E-state index is 4.17. The second-order valence-corrected chi connectivity index (χ2v) is 4.51. The van der Waals surface area contributed by atoms with E-state index in [0.717, 1.165) is 6.54 Å². The zero-order valence-corrected chi connectivity index (χ0v) is 11.0. The summed E-state index contributed by atoms with van der Waals surface area (Å²) in [6.45, 7) is 15.8. The summed E-state index contributed by atoms with van der Waals surface area (Å²) in [5.41, 5.74) is 2.39. The molecule has 0 aromatic rings. The molecule has 1 rings (SSSR count). The van der Waals surface area contributed by atoms with Gasteiger partial charge < -0.3 is 0 Å². The van der Waals surface area contributed by atoms with Crippen molar-refractivity contribution in [2.75, 3.05) is 6.54 Å². The van der Waals surface area contributed by atoms with Gasteiger partial charge in [-0.3, -0.25) is 4.99 Å². The third-order valence-corrected chi connectivity index (χ3v) is 2.99. The van der Waals surface area contributed by atoms with Gasteiger partial charge in [0.25, 0.3) is 0 Å². The maximum absolute atomic E-state index is 4.17. The van der Waals surface area contributed by atoms with Crippen molar-refractivity contribution in [1.82, 2.24) is 0 Å². The van der Waals surface area contributed by atoms with Crippen molar-refractivity contribution in [1.29, 1.82) is 0 Å². The van der Waals surface area contributed by atoms with E-state index in [1.165, 1.54) is 0 Å². The third-order valence-electron chi connectivity index (χ3n) is 1.54. The van der Waals surface area contributed by atoms with Gasteiger partial charge in [0.1, 0.15) is 0 Å². The number of aliphatic imine (C=N–C) groups is 1. The van der Waals surface area contributed by atoms with Gasteiger partial charge in [-0.25, -0.2) is 0 Å². The highest BCUT2D eigenvalue weighted by Gasteiger charge is 2.26. The van der Waals surface area contributed by atoms with E-state index in [-0.39, 0.29) is 0 Å². The van der Waals surface area contributed by atoms with Gasteiger partial charge in [0, 0.05) is 5.25 Å². The summed E-state index contributed by atoms with van der Waals surface area (Å²) in [7, 11) is 0. The Bertz CT molecular complexity index is 117. The monoisotopic (exact) mass is 203 g/mol. The van der Waals surface area contributed by atoms with Crippen molar-refractivity contribution in [3.63, 3.8) is 0 Å². The van der Waals surface area contributed by atoms with Crippen molar-refractivity contribution in [3.8, 4) is 0 Å². The predicted octanol–water partition coefficient (Wildman–Crippen LogP) is 4.23. The number of thioether (sulfide) groups is 1. The molecule has 0 bridgehead atoms. The van der Waals surface area contributed by atoms with Crippen LogP contribution >= 0.6 is 11.8 Å². The molecule has 1 heterocycles. The molecule has 1 aliphatic heterocycles. The van der Waals surface area contributed by atoms with Gasteiger partial charge in [0.15, 0.2) is 0 Å². The summed E-state index contributed by atoms with van der Waals surface area (Å²) in [6.07, 6.45) is 0. The minimum absolute atomic E-state index is 0.418. The first-order valence-electron chi connectivity index (χ1n) is 5.24. The number of nitrogens with zero attached hydrogens (tertiary/aromatic N) is 1. The molecule has 2 heteroatoms. The van der Waals surface area contributed by atoms with E-state index in [1.54, 1.807) is 0 Å². The first-order chi connectivity index (χ1) is 6.11. The first-order valence-corrected chi connectivity index (χ1v) is 6.19. The van der Waals surface area contributed by atoms with Gasteiger partial charge in [0.2, 0.25) is 0 Å². The van der Waals surface area contributed by atoms with Crippen LogP contribution in [0.15, 0.2) is 4.99 Å². The summed E-state index contributed by atoms with van der Waals surface area (Å²) in [5.74, 6) is 0. The Kier molecular flexibility index (Phi) is 10.3. The molecule has 0 aromatic heterocycles. The van der Waals surface area contributed by atoms with Crippen molar-refractivity contribution in [3.05, 3.63) is 0 Å². The van der Waals surface area contributed by atoms with E-state index in [4.69, 9.17) is 0 Å². The molecule has 0 N–H and O–H groups in total. The molecule has 0 aromatic carbocycles. The molecule has 1 atom stereocenters. The van der Waals surface area contributed by atoms with Crippen LogP contribution in [-0.2, 0) is 0 Å². The van der Waals surface area contributed by atoms with E-state index < -0.39 is 0 Å². The van der Waals surface area contributed by atoms with Crippen molar-refractivity contribution < 1.29 is 0 Å².